The van der Waals surface area contributed by atoms with Crippen molar-refractivity contribution in [3.05, 3.63) is 58.0 Å². The third-order valence-electron chi connectivity index (χ3n) is 4.56. The van der Waals surface area contributed by atoms with Crippen LogP contribution in [0, 0.1) is 6.92 Å². The fourth-order valence-corrected chi connectivity index (χ4v) is 3.41. The van der Waals surface area contributed by atoms with Gasteiger partial charge in [-0.1, -0.05) is 23.7 Å². The number of nitrogens with one attached hydrogen (secondary N) is 1. The Morgan fingerprint density at radius 1 is 1.28 bits per heavy atom. The molecule has 1 amide bonds. The maximum atomic E-state index is 12.9. The molecule has 1 aromatic carbocycles. The first-order valence-corrected chi connectivity index (χ1v) is 8.52. The van der Waals surface area contributed by atoms with Crippen LogP contribution in [0.15, 0.2) is 30.3 Å². The van der Waals surface area contributed by atoms with Crippen molar-refractivity contribution >= 4 is 17.5 Å². The molecule has 0 unspecified atom stereocenters. The monoisotopic (exact) mass is 355 g/mol. The van der Waals surface area contributed by atoms with Crippen molar-refractivity contribution in [3.8, 4) is 11.3 Å². The Bertz CT molecular complexity index is 941. The molecule has 0 fully saturated rings. The van der Waals surface area contributed by atoms with E-state index < -0.39 is 0 Å². The van der Waals surface area contributed by atoms with E-state index in [2.05, 4.69) is 15.3 Å². The second kappa shape index (κ2) is 6.04. The van der Waals surface area contributed by atoms with Crippen LogP contribution in [0.5, 0.6) is 0 Å². The van der Waals surface area contributed by atoms with E-state index in [1.54, 1.807) is 11.7 Å². The normalized spacial score (nSPS) is 13.8. The molecule has 1 aliphatic heterocycles. The maximum absolute atomic E-state index is 12.9. The van der Waals surface area contributed by atoms with E-state index in [9.17, 15) is 4.79 Å². The summed E-state index contributed by atoms with van der Waals surface area (Å²) >= 11 is 5.98. The lowest BCUT2D eigenvalue weighted by atomic mass is 10.0. The van der Waals surface area contributed by atoms with Crippen LogP contribution in [0.25, 0.3) is 11.3 Å². The van der Waals surface area contributed by atoms with Gasteiger partial charge in [-0.25, -0.2) is 0 Å². The van der Waals surface area contributed by atoms with Crippen molar-refractivity contribution in [1.82, 2.24) is 24.9 Å². The van der Waals surface area contributed by atoms with Gasteiger partial charge in [0.25, 0.3) is 5.91 Å². The number of carbonyl (C=O) groups is 1. The van der Waals surface area contributed by atoms with Crippen LogP contribution >= 0.6 is 11.6 Å². The van der Waals surface area contributed by atoms with Crippen molar-refractivity contribution in [3.63, 3.8) is 0 Å². The van der Waals surface area contributed by atoms with Crippen LogP contribution in [-0.4, -0.2) is 37.3 Å². The molecule has 6 nitrogen and oxygen atoms in total. The number of hydrogen-bond donors (Lipinski definition) is 1. The molecule has 128 valence electrons. The first-order valence-electron chi connectivity index (χ1n) is 8.15. The number of carbonyl (C=O) groups excluding carboxylic acids is 1. The molecule has 25 heavy (non-hydrogen) atoms. The average molecular weight is 356 g/mol. The van der Waals surface area contributed by atoms with E-state index in [4.69, 9.17) is 11.6 Å². The highest BCUT2D eigenvalue weighted by molar-refractivity contribution is 6.30. The van der Waals surface area contributed by atoms with Crippen molar-refractivity contribution in [2.75, 3.05) is 6.54 Å². The number of H-pyrrole nitrogens is 1. The minimum absolute atomic E-state index is 0.00277. The maximum Gasteiger partial charge on any atom is 0.272 e. The number of amides is 1. The molecule has 1 N–H and O–H groups in total. The molecule has 0 radical (unpaired) electrons. The average Bonchev–Trinajstić information content (AvgIpc) is 3.17. The Kier molecular flexibility index (Phi) is 3.84. The second-order valence-electron chi connectivity index (χ2n) is 6.31. The van der Waals surface area contributed by atoms with Crippen molar-refractivity contribution < 1.29 is 4.79 Å². The topological polar surface area (TPSA) is 66.8 Å². The summed E-state index contributed by atoms with van der Waals surface area (Å²) in [6, 6.07) is 9.42. The molecule has 3 aromatic rings. The van der Waals surface area contributed by atoms with Gasteiger partial charge in [-0.05, 0) is 25.1 Å². The standard InChI is InChI=1S/C18H18ClN5O/c1-11-9-16(23(2)22-11)18(25)24-8-7-15-14(10-24)17(21-20-15)12-3-5-13(19)6-4-12/h3-6,9H,7-8,10H2,1-2H3,(H,20,21). The van der Waals surface area contributed by atoms with Crippen LogP contribution in [-0.2, 0) is 20.0 Å². The SMILES string of the molecule is Cc1cc(C(=O)N2CCc3[nH]nc(-c4ccc(Cl)cc4)c3C2)n(C)n1. The Balaban J connectivity index is 1.64. The number of hydrogen-bond acceptors (Lipinski definition) is 3. The van der Waals surface area contributed by atoms with Gasteiger partial charge in [-0.3, -0.25) is 14.6 Å². The summed E-state index contributed by atoms with van der Waals surface area (Å²) in [6.45, 7) is 3.09. The highest BCUT2D eigenvalue weighted by Gasteiger charge is 2.27. The molecular formula is C18H18ClN5O. The summed E-state index contributed by atoms with van der Waals surface area (Å²) < 4.78 is 1.64. The first kappa shape index (κ1) is 15.9. The molecule has 0 aliphatic carbocycles. The van der Waals surface area contributed by atoms with Gasteiger partial charge >= 0.3 is 0 Å². The van der Waals surface area contributed by atoms with Gasteiger partial charge in [0.1, 0.15) is 5.69 Å². The summed E-state index contributed by atoms with van der Waals surface area (Å²) in [5.41, 5.74) is 5.49. The molecule has 2 aromatic heterocycles. The van der Waals surface area contributed by atoms with Gasteiger partial charge in [-0.15, -0.1) is 0 Å². The second-order valence-corrected chi connectivity index (χ2v) is 6.74. The molecule has 3 heterocycles. The summed E-state index contributed by atoms with van der Waals surface area (Å²) in [5, 5.41) is 12.5. The Morgan fingerprint density at radius 2 is 2.04 bits per heavy atom. The molecule has 0 spiro atoms. The Morgan fingerprint density at radius 3 is 2.72 bits per heavy atom. The lowest BCUT2D eigenvalue weighted by Gasteiger charge is -2.27. The lowest BCUT2D eigenvalue weighted by molar-refractivity contribution is 0.0723. The molecular weight excluding hydrogens is 338 g/mol. The first-order chi connectivity index (χ1) is 12.0. The lowest BCUT2D eigenvalue weighted by Crippen LogP contribution is -2.36. The van der Waals surface area contributed by atoms with Gasteiger partial charge in [0.2, 0.25) is 0 Å². The Labute approximate surface area is 150 Å². The molecule has 7 heteroatoms. The van der Waals surface area contributed by atoms with Gasteiger partial charge in [0.15, 0.2) is 0 Å². The summed E-state index contributed by atoms with van der Waals surface area (Å²) in [4.78, 5) is 14.7. The van der Waals surface area contributed by atoms with Gasteiger partial charge in [0, 0.05) is 41.9 Å². The predicted octanol–water partition coefficient (Wildman–Crippen LogP) is 2.97. The largest absolute Gasteiger partial charge is 0.332 e. The summed E-state index contributed by atoms with van der Waals surface area (Å²) in [6.07, 6.45) is 0.762. The molecule has 4 rings (SSSR count). The zero-order valence-electron chi connectivity index (χ0n) is 14.1. The van der Waals surface area contributed by atoms with Gasteiger partial charge in [-0.2, -0.15) is 10.2 Å². The van der Waals surface area contributed by atoms with E-state index in [0.717, 1.165) is 34.6 Å². The van der Waals surface area contributed by atoms with Crippen LogP contribution in [0.1, 0.15) is 27.4 Å². The quantitative estimate of drug-likeness (QED) is 0.768. The number of aromatic amines is 1. The number of benzene rings is 1. The number of nitrogens with zero attached hydrogens (tertiary/aromatic N) is 4. The van der Waals surface area contributed by atoms with E-state index in [1.807, 2.05) is 42.2 Å². The minimum Gasteiger partial charge on any atom is -0.332 e. The Hall–Kier alpha value is -2.60. The van der Waals surface area contributed by atoms with Crippen molar-refractivity contribution in [1.29, 1.82) is 0 Å². The van der Waals surface area contributed by atoms with Crippen LogP contribution in [0.2, 0.25) is 5.02 Å². The van der Waals surface area contributed by atoms with Crippen molar-refractivity contribution in [2.24, 2.45) is 7.05 Å². The molecule has 0 atom stereocenters. The zero-order valence-corrected chi connectivity index (χ0v) is 14.8. The van der Waals surface area contributed by atoms with Crippen molar-refractivity contribution in [2.45, 2.75) is 19.9 Å². The number of aryl methyl sites for hydroxylation is 2. The third-order valence-corrected chi connectivity index (χ3v) is 4.81. The smallest absolute Gasteiger partial charge is 0.272 e. The van der Waals surface area contributed by atoms with E-state index in [1.165, 1.54) is 0 Å². The molecule has 0 saturated heterocycles. The third kappa shape index (κ3) is 2.82. The highest BCUT2D eigenvalue weighted by Crippen LogP contribution is 2.29. The predicted molar refractivity (Wildman–Crippen MR) is 95.4 cm³/mol. The molecule has 0 bridgehead atoms. The number of rotatable bonds is 2. The van der Waals surface area contributed by atoms with Crippen LogP contribution in [0.4, 0.5) is 0 Å². The zero-order chi connectivity index (χ0) is 17.6. The molecule has 0 saturated carbocycles. The number of aromatic nitrogens is 4. The van der Waals surface area contributed by atoms with Gasteiger partial charge < -0.3 is 4.90 Å². The number of halogens is 1. The summed E-state index contributed by atoms with van der Waals surface area (Å²) in [5.74, 6) is -0.00277. The number of fused-ring (bicyclic) bond motifs is 1. The van der Waals surface area contributed by atoms with E-state index in [-0.39, 0.29) is 5.91 Å². The molecule has 1 aliphatic rings. The minimum atomic E-state index is -0.00277. The van der Waals surface area contributed by atoms with Crippen LogP contribution in [0.3, 0.4) is 0 Å². The van der Waals surface area contributed by atoms with Gasteiger partial charge in [0.05, 0.1) is 17.9 Å². The fourth-order valence-electron chi connectivity index (χ4n) is 3.29. The summed E-state index contributed by atoms with van der Waals surface area (Å²) in [7, 11) is 1.80. The van der Waals surface area contributed by atoms with E-state index >= 15 is 0 Å². The van der Waals surface area contributed by atoms with Crippen LogP contribution < -0.4 is 0 Å². The highest BCUT2D eigenvalue weighted by atomic mass is 35.5. The van der Waals surface area contributed by atoms with E-state index in [0.29, 0.717) is 23.8 Å². The fraction of sp³-hybridized carbons (Fsp3) is 0.278.